The number of carbonyl (C=O) groups excluding carboxylic acids is 1. The maximum Gasteiger partial charge on any atom is 0.387 e. The highest BCUT2D eigenvalue weighted by atomic mass is 19.3. The van der Waals surface area contributed by atoms with Crippen LogP contribution in [0.3, 0.4) is 0 Å². The summed E-state index contributed by atoms with van der Waals surface area (Å²) in [5, 5.41) is 13.9. The molecule has 2 aromatic carbocycles. The topological polar surface area (TPSA) is 90.7 Å². The number of nitro groups is 1. The number of halogens is 2. The summed E-state index contributed by atoms with van der Waals surface area (Å²) < 4.78 is 33.2. The van der Waals surface area contributed by atoms with Gasteiger partial charge in [0.2, 0.25) is 0 Å². The van der Waals surface area contributed by atoms with Crippen LogP contribution in [0, 0.1) is 10.1 Å². The van der Waals surface area contributed by atoms with Crippen LogP contribution in [0.5, 0.6) is 5.75 Å². The number of nitrogens with one attached hydrogen (secondary N) is 1. The highest BCUT2D eigenvalue weighted by Gasteiger charge is 2.18. The molecule has 0 aliphatic rings. The molecule has 9 heteroatoms. The summed E-state index contributed by atoms with van der Waals surface area (Å²) in [5.74, 6) is -0.805. The maximum absolute atomic E-state index is 12.2. The van der Waals surface area contributed by atoms with E-state index < -0.39 is 17.5 Å². The fourth-order valence-corrected chi connectivity index (χ4v) is 1.94. The van der Waals surface area contributed by atoms with Crippen LogP contribution in [0.4, 0.5) is 25.8 Å². The molecule has 0 atom stereocenters. The Hall–Kier alpha value is -3.23. The Balaban J connectivity index is 2.32. The van der Waals surface area contributed by atoms with Crippen LogP contribution in [0.25, 0.3) is 0 Å². The smallest absolute Gasteiger partial charge is 0.387 e. The lowest BCUT2D eigenvalue weighted by molar-refractivity contribution is -0.383. The molecule has 0 aliphatic heterocycles. The first-order valence-electron chi connectivity index (χ1n) is 6.59. The third-order valence-corrected chi connectivity index (χ3v) is 2.95. The number of ether oxygens (including phenoxy) is 2. The van der Waals surface area contributed by atoms with Gasteiger partial charge in [-0.1, -0.05) is 6.07 Å². The fourth-order valence-electron chi connectivity index (χ4n) is 1.94. The largest absolute Gasteiger partial charge is 0.465 e. The van der Waals surface area contributed by atoms with E-state index in [0.29, 0.717) is 5.69 Å². The number of hydrogen-bond acceptors (Lipinski definition) is 6. The first-order chi connectivity index (χ1) is 11.4. The first-order valence-corrected chi connectivity index (χ1v) is 6.59. The second-order valence-electron chi connectivity index (χ2n) is 4.51. The Morgan fingerprint density at radius 2 is 2.00 bits per heavy atom. The van der Waals surface area contributed by atoms with E-state index in [1.165, 1.54) is 36.4 Å². The summed E-state index contributed by atoms with van der Waals surface area (Å²) in [5.41, 5.74) is 0.0477. The quantitative estimate of drug-likeness (QED) is 0.490. The van der Waals surface area contributed by atoms with Gasteiger partial charge in [0.1, 0.15) is 11.4 Å². The molecule has 0 spiro atoms. The van der Waals surface area contributed by atoms with Crippen LogP contribution >= 0.6 is 0 Å². The lowest BCUT2D eigenvalue weighted by atomic mass is 10.1. The van der Waals surface area contributed by atoms with Crippen LogP contribution in [0.15, 0.2) is 42.5 Å². The highest BCUT2D eigenvalue weighted by Crippen LogP contribution is 2.30. The lowest BCUT2D eigenvalue weighted by Gasteiger charge is -2.10. The summed E-state index contributed by atoms with van der Waals surface area (Å²) in [4.78, 5) is 22.0. The normalized spacial score (nSPS) is 10.3. The second kappa shape index (κ2) is 7.36. The Kier molecular flexibility index (Phi) is 5.25. The van der Waals surface area contributed by atoms with Crippen molar-refractivity contribution >= 4 is 23.0 Å². The predicted octanol–water partition coefficient (Wildman–Crippen LogP) is 3.73. The van der Waals surface area contributed by atoms with Crippen molar-refractivity contribution in [2.45, 2.75) is 6.61 Å². The average molecular weight is 338 g/mol. The third-order valence-electron chi connectivity index (χ3n) is 2.95. The Bertz CT molecular complexity index is 767. The number of nitrogens with zero attached hydrogens (tertiary/aromatic N) is 1. The molecule has 126 valence electrons. The number of hydrogen-bond donors (Lipinski definition) is 1. The number of rotatable bonds is 6. The summed E-state index contributed by atoms with van der Waals surface area (Å²) >= 11 is 0. The molecule has 0 bridgehead atoms. The standard InChI is InChI=1S/C15H12F2N2O5/c1-23-14(20)9-5-6-12(13(7-9)19(21)22)18-10-3-2-4-11(8-10)24-15(16)17/h2-8,15,18H,1H3. The second-order valence-corrected chi connectivity index (χ2v) is 4.51. The van der Waals surface area contributed by atoms with Crippen molar-refractivity contribution in [3.8, 4) is 5.75 Å². The Morgan fingerprint density at radius 1 is 1.25 bits per heavy atom. The van der Waals surface area contributed by atoms with Gasteiger partial charge < -0.3 is 14.8 Å². The van der Waals surface area contributed by atoms with Crippen LogP contribution in [-0.2, 0) is 4.74 Å². The van der Waals surface area contributed by atoms with Gasteiger partial charge in [-0.3, -0.25) is 10.1 Å². The predicted molar refractivity (Wildman–Crippen MR) is 80.8 cm³/mol. The molecule has 0 amide bonds. The molecule has 2 aromatic rings. The van der Waals surface area contributed by atoms with Crippen molar-refractivity contribution in [2.75, 3.05) is 12.4 Å². The molecule has 0 heterocycles. The molecular weight excluding hydrogens is 326 g/mol. The zero-order chi connectivity index (χ0) is 17.7. The number of carbonyl (C=O) groups is 1. The summed E-state index contributed by atoms with van der Waals surface area (Å²) in [6, 6.07) is 9.31. The average Bonchev–Trinajstić information content (AvgIpc) is 2.54. The van der Waals surface area contributed by atoms with Gasteiger partial charge in [-0.2, -0.15) is 8.78 Å². The van der Waals surface area contributed by atoms with Gasteiger partial charge in [-0.25, -0.2) is 4.79 Å². The van der Waals surface area contributed by atoms with Gasteiger partial charge in [0, 0.05) is 17.8 Å². The van der Waals surface area contributed by atoms with Crippen LogP contribution in [0.1, 0.15) is 10.4 Å². The molecular formula is C15H12F2N2O5. The molecule has 0 aliphatic carbocycles. The molecule has 0 saturated carbocycles. The van der Waals surface area contributed by atoms with Crippen molar-refractivity contribution in [1.82, 2.24) is 0 Å². The molecule has 2 rings (SSSR count). The number of benzene rings is 2. The minimum atomic E-state index is -2.98. The SMILES string of the molecule is COC(=O)c1ccc(Nc2cccc(OC(F)F)c2)c([N+](=O)[O-])c1. The number of esters is 1. The summed E-state index contributed by atoms with van der Waals surface area (Å²) in [6.45, 7) is -2.98. The minimum absolute atomic E-state index is 0.0181. The van der Waals surface area contributed by atoms with E-state index in [2.05, 4.69) is 14.8 Å². The van der Waals surface area contributed by atoms with Crippen LogP contribution in [0.2, 0.25) is 0 Å². The van der Waals surface area contributed by atoms with Crippen molar-refractivity contribution in [3.05, 3.63) is 58.1 Å². The molecule has 7 nitrogen and oxygen atoms in total. The maximum atomic E-state index is 12.2. The van der Waals surface area contributed by atoms with Crippen molar-refractivity contribution in [1.29, 1.82) is 0 Å². The minimum Gasteiger partial charge on any atom is -0.465 e. The van der Waals surface area contributed by atoms with Gasteiger partial charge in [0.25, 0.3) is 5.69 Å². The fraction of sp³-hybridized carbons (Fsp3) is 0.133. The zero-order valence-electron chi connectivity index (χ0n) is 12.4. The third kappa shape index (κ3) is 4.15. The molecule has 0 saturated heterocycles. The molecule has 1 N–H and O–H groups in total. The van der Waals surface area contributed by atoms with Gasteiger partial charge in [-0.05, 0) is 24.3 Å². The number of methoxy groups -OCH3 is 1. The molecule has 24 heavy (non-hydrogen) atoms. The molecule has 0 fully saturated rings. The highest BCUT2D eigenvalue weighted by molar-refractivity contribution is 5.91. The van der Waals surface area contributed by atoms with E-state index in [4.69, 9.17) is 0 Å². The summed E-state index contributed by atoms with van der Waals surface area (Å²) in [7, 11) is 1.16. The molecule has 0 unspecified atom stereocenters. The first kappa shape index (κ1) is 17.1. The van der Waals surface area contributed by atoms with E-state index >= 15 is 0 Å². The summed E-state index contributed by atoms with van der Waals surface area (Å²) in [6.07, 6.45) is 0. The number of nitro benzene ring substituents is 1. The van der Waals surface area contributed by atoms with Gasteiger partial charge in [0.15, 0.2) is 0 Å². The van der Waals surface area contributed by atoms with Crippen molar-refractivity contribution in [3.63, 3.8) is 0 Å². The van der Waals surface area contributed by atoms with E-state index in [-0.39, 0.29) is 22.7 Å². The number of anilines is 2. The van der Waals surface area contributed by atoms with Crippen molar-refractivity contribution in [2.24, 2.45) is 0 Å². The Labute approximate surface area is 135 Å². The Morgan fingerprint density at radius 3 is 2.62 bits per heavy atom. The zero-order valence-corrected chi connectivity index (χ0v) is 12.4. The molecule has 0 radical (unpaired) electrons. The lowest BCUT2D eigenvalue weighted by Crippen LogP contribution is -2.04. The monoisotopic (exact) mass is 338 g/mol. The van der Waals surface area contributed by atoms with Crippen molar-refractivity contribution < 1.29 is 28.0 Å². The van der Waals surface area contributed by atoms with Gasteiger partial charge >= 0.3 is 12.6 Å². The van der Waals surface area contributed by atoms with E-state index in [0.717, 1.165) is 13.2 Å². The van der Waals surface area contributed by atoms with Gasteiger partial charge in [0.05, 0.1) is 17.6 Å². The van der Waals surface area contributed by atoms with Crippen LogP contribution < -0.4 is 10.1 Å². The van der Waals surface area contributed by atoms with Gasteiger partial charge in [-0.15, -0.1) is 0 Å². The van der Waals surface area contributed by atoms with E-state index in [9.17, 15) is 23.7 Å². The number of alkyl halides is 2. The molecule has 0 aromatic heterocycles. The van der Waals surface area contributed by atoms with E-state index in [1.54, 1.807) is 0 Å². The van der Waals surface area contributed by atoms with E-state index in [1.807, 2.05) is 0 Å². The van der Waals surface area contributed by atoms with Crippen LogP contribution in [-0.4, -0.2) is 24.6 Å².